The fourth-order valence-corrected chi connectivity index (χ4v) is 2.16. The van der Waals surface area contributed by atoms with Gasteiger partial charge in [-0.3, -0.25) is 0 Å². The molecule has 0 aliphatic carbocycles. The van der Waals surface area contributed by atoms with Gasteiger partial charge in [-0.15, -0.1) is 0 Å². The zero-order chi connectivity index (χ0) is 15.1. The Morgan fingerprint density at radius 1 is 1.19 bits per heavy atom. The molecule has 0 fully saturated rings. The summed E-state index contributed by atoms with van der Waals surface area (Å²) in [6.45, 7) is 3.39. The quantitative estimate of drug-likeness (QED) is 0.828. The number of ether oxygens (including phenoxy) is 2. The molecule has 0 amide bonds. The highest BCUT2D eigenvalue weighted by Crippen LogP contribution is 2.17. The number of aromatic nitrogens is 2. The first-order chi connectivity index (χ1) is 10.2. The van der Waals surface area contributed by atoms with Crippen molar-refractivity contribution < 1.29 is 9.47 Å². The Morgan fingerprint density at radius 3 is 2.76 bits per heavy atom. The second kappa shape index (κ2) is 7.95. The SMILES string of the molecule is CCOCc1nc(NC)cc(OCc2cccc(Br)c2)n1. The first-order valence-electron chi connectivity index (χ1n) is 6.72. The average Bonchev–Trinajstić information content (AvgIpc) is 2.51. The molecule has 0 aliphatic heterocycles. The summed E-state index contributed by atoms with van der Waals surface area (Å²) in [4.78, 5) is 8.67. The largest absolute Gasteiger partial charge is 0.473 e. The van der Waals surface area contributed by atoms with Crippen LogP contribution in [0.15, 0.2) is 34.8 Å². The van der Waals surface area contributed by atoms with Gasteiger partial charge in [-0.1, -0.05) is 28.1 Å². The Kier molecular flexibility index (Phi) is 5.95. The maximum Gasteiger partial charge on any atom is 0.219 e. The fourth-order valence-electron chi connectivity index (χ4n) is 1.72. The lowest BCUT2D eigenvalue weighted by atomic mass is 10.2. The van der Waals surface area contributed by atoms with E-state index in [1.807, 2.05) is 38.2 Å². The molecule has 5 nitrogen and oxygen atoms in total. The number of hydrogen-bond acceptors (Lipinski definition) is 5. The molecule has 0 unspecified atom stereocenters. The van der Waals surface area contributed by atoms with Gasteiger partial charge in [0.25, 0.3) is 0 Å². The average molecular weight is 352 g/mol. The topological polar surface area (TPSA) is 56.3 Å². The van der Waals surface area contributed by atoms with E-state index in [9.17, 15) is 0 Å². The highest BCUT2D eigenvalue weighted by Gasteiger charge is 2.05. The summed E-state index contributed by atoms with van der Waals surface area (Å²) in [5, 5.41) is 3.00. The van der Waals surface area contributed by atoms with Gasteiger partial charge in [0.05, 0.1) is 0 Å². The summed E-state index contributed by atoms with van der Waals surface area (Å²) >= 11 is 3.44. The first-order valence-corrected chi connectivity index (χ1v) is 7.51. The molecule has 112 valence electrons. The van der Waals surface area contributed by atoms with Crippen molar-refractivity contribution in [1.82, 2.24) is 9.97 Å². The molecule has 2 rings (SSSR count). The smallest absolute Gasteiger partial charge is 0.219 e. The predicted molar refractivity (Wildman–Crippen MR) is 85.4 cm³/mol. The standard InChI is InChI=1S/C15H18BrN3O2/c1-3-20-10-14-18-13(17-2)8-15(19-14)21-9-11-5-4-6-12(16)7-11/h4-8H,3,9-10H2,1-2H3,(H,17,18,19). The van der Waals surface area contributed by atoms with Crippen molar-refractivity contribution >= 4 is 21.7 Å². The molecular formula is C15H18BrN3O2. The van der Waals surface area contributed by atoms with Crippen LogP contribution in [0, 0.1) is 0 Å². The monoisotopic (exact) mass is 351 g/mol. The van der Waals surface area contributed by atoms with E-state index in [0.717, 1.165) is 10.0 Å². The van der Waals surface area contributed by atoms with E-state index in [1.54, 1.807) is 6.07 Å². The molecule has 1 heterocycles. The van der Waals surface area contributed by atoms with E-state index < -0.39 is 0 Å². The summed E-state index contributed by atoms with van der Waals surface area (Å²) in [6.07, 6.45) is 0. The second-order valence-electron chi connectivity index (χ2n) is 4.31. The molecule has 0 radical (unpaired) electrons. The first kappa shape index (κ1) is 15.7. The minimum Gasteiger partial charge on any atom is -0.473 e. The van der Waals surface area contributed by atoms with Crippen molar-refractivity contribution in [1.29, 1.82) is 0 Å². The van der Waals surface area contributed by atoms with E-state index in [1.165, 1.54) is 0 Å². The molecule has 1 aromatic heterocycles. The van der Waals surface area contributed by atoms with Gasteiger partial charge in [-0.05, 0) is 24.6 Å². The Hall–Kier alpha value is -1.66. The van der Waals surface area contributed by atoms with Crippen LogP contribution in [0.1, 0.15) is 18.3 Å². The van der Waals surface area contributed by atoms with Crippen molar-refractivity contribution in [3.63, 3.8) is 0 Å². The molecule has 0 spiro atoms. The number of nitrogens with zero attached hydrogens (tertiary/aromatic N) is 2. The summed E-state index contributed by atoms with van der Waals surface area (Å²) in [5.74, 6) is 1.85. The summed E-state index contributed by atoms with van der Waals surface area (Å²) in [5.41, 5.74) is 1.07. The van der Waals surface area contributed by atoms with Crippen molar-refractivity contribution in [2.45, 2.75) is 20.1 Å². The normalized spacial score (nSPS) is 10.4. The van der Waals surface area contributed by atoms with Gasteiger partial charge in [-0.25, -0.2) is 4.98 Å². The summed E-state index contributed by atoms with van der Waals surface area (Å²) < 4.78 is 12.1. The number of rotatable bonds is 7. The minimum atomic E-state index is 0.374. The van der Waals surface area contributed by atoms with Gasteiger partial charge in [0, 0.05) is 24.2 Å². The van der Waals surface area contributed by atoms with Crippen LogP contribution >= 0.6 is 15.9 Å². The molecule has 6 heteroatoms. The third-order valence-corrected chi connectivity index (χ3v) is 3.21. The molecule has 0 atom stereocenters. The highest BCUT2D eigenvalue weighted by molar-refractivity contribution is 9.10. The van der Waals surface area contributed by atoms with Gasteiger partial charge < -0.3 is 14.8 Å². The Labute approximate surface area is 132 Å². The highest BCUT2D eigenvalue weighted by atomic mass is 79.9. The van der Waals surface area contributed by atoms with Gasteiger partial charge in [-0.2, -0.15) is 4.98 Å². The van der Waals surface area contributed by atoms with Crippen LogP contribution in [0.25, 0.3) is 0 Å². The maximum absolute atomic E-state index is 5.74. The third kappa shape index (κ3) is 4.99. The lowest BCUT2D eigenvalue weighted by Crippen LogP contribution is -2.05. The number of benzene rings is 1. The van der Waals surface area contributed by atoms with Crippen LogP contribution in [-0.4, -0.2) is 23.6 Å². The number of nitrogens with one attached hydrogen (secondary N) is 1. The lowest BCUT2D eigenvalue weighted by molar-refractivity contribution is 0.127. The predicted octanol–water partition coefficient (Wildman–Crippen LogP) is 3.40. The molecule has 0 bridgehead atoms. The molecule has 0 aliphatic rings. The van der Waals surface area contributed by atoms with Crippen LogP contribution < -0.4 is 10.1 Å². The van der Waals surface area contributed by atoms with Gasteiger partial charge >= 0.3 is 0 Å². The Bertz CT molecular complexity index is 593. The number of anilines is 1. The third-order valence-electron chi connectivity index (χ3n) is 2.72. The maximum atomic E-state index is 5.74. The molecule has 0 saturated heterocycles. The Morgan fingerprint density at radius 2 is 2.05 bits per heavy atom. The fraction of sp³-hybridized carbons (Fsp3) is 0.333. The van der Waals surface area contributed by atoms with E-state index in [2.05, 4.69) is 31.2 Å². The van der Waals surface area contributed by atoms with Gasteiger partial charge in [0.15, 0.2) is 5.82 Å². The minimum absolute atomic E-state index is 0.374. The lowest BCUT2D eigenvalue weighted by Gasteiger charge is -2.09. The van der Waals surface area contributed by atoms with Crippen molar-refractivity contribution in [2.75, 3.05) is 19.0 Å². The Balaban J connectivity index is 2.07. The van der Waals surface area contributed by atoms with Crippen LogP contribution in [0.4, 0.5) is 5.82 Å². The molecule has 1 aromatic carbocycles. The summed E-state index contributed by atoms with van der Waals surface area (Å²) in [6, 6.07) is 9.75. The van der Waals surface area contributed by atoms with E-state index in [0.29, 0.717) is 37.3 Å². The van der Waals surface area contributed by atoms with E-state index >= 15 is 0 Å². The zero-order valence-corrected chi connectivity index (χ0v) is 13.7. The number of hydrogen-bond donors (Lipinski definition) is 1. The number of halogens is 1. The van der Waals surface area contributed by atoms with Crippen molar-refractivity contribution in [3.05, 3.63) is 46.2 Å². The molecule has 2 aromatic rings. The van der Waals surface area contributed by atoms with Crippen LogP contribution in [-0.2, 0) is 18.0 Å². The van der Waals surface area contributed by atoms with E-state index in [-0.39, 0.29) is 0 Å². The van der Waals surface area contributed by atoms with Crippen LogP contribution in [0.3, 0.4) is 0 Å². The van der Waals surface area contributed by atoms with E-state index in [4.69, 9.17) is 9.47 Å². The van der Waals surface area contributed by atoms with Crippen LogP contribution in [0.5, 0.6) is 5.88 Å². The second-order valence-corrected chi connectivity index (χ2v) is 5.23. The van der Waals surface area contributed by atoms with Crippen molar-refractivity contribution in [3.8, 4) is 5.88 Å². The summed E-state index contributed by atoms with van der Waals surface area (Å²) in [7, 11) is 1.81. The molecular weight excluding hydrogens is 334 g/mol. The molecule has 1 N–H and O–H groups in total. The van der Waals surface area contributed by atoms with Crippen molar-refractivity contribution in [2.24, 2.45) is 0 Å². The van der Waals surface area contributed by atoms with Gasteiger partial charge in [0.2, 0.25) is 5.88 Å². The van der Waals surface area contributed by atoms with Gasteiger partial charge in [0.1, 0.15) is 19.0 Å². The molecule has 21 heavy (non-hydrogen) atoms. The van der Waals surface area contributed by atoms with Crippen LogP contribution in [0.2, 0.25) is 0 Å². The molecule has 0 saturated carbocycles. The zero-order valence-electron chi connectivity index (χ0n) is 12.1.